The molecule has 1 amide bonds. The van der Waals surface area contributed by atoms with Crippen molar-refractivity contribution in [1.29, 1.82) is 0 Å². The van der Waals surface area contributed by atoms with Gasteiger partial charge < -0.3 is 40.6 Å². The predicted molar refractivity (Wildman–Crippen MR) is 213 cm³/mol. The van der Waals surface area contributed by atoms with Crippen molar-refractivity contribution >= 4 is 65.1 Å². The molecule has 0 heterocycles. The van der Waals surface area contributed by atoms with Crippen LogP contribution >= 0.6 is 11.6 Å². The number of carbonyl (C=O) groups excluding carboxylic acids is 2. The van der Waals surface area contributed by atoms with Crippen LogP contribution in [0.25, 0.3) is 10.8 Å². The molecule has 16 heteroatoms. The smallest absolute Gasteiger partial charge is 0.411 e. The van der Waals surface area contributed by atoms with Gasteiger partial charge in [0.1, 0.15) is 25.9 Å². The third-order valence-electron chi connectivity index (χ3n) is 7.58. The van der Waals surface area contributed by atoms with Crippen molar-refractivity contribution in [2.75, 3.05) is 50.3 Å². The van der Waals surface area contributed by atoms with Gasteiger partial charge in [0.25, 0.3) is 5.91 Å². The lowest BCUT2D eigenvalue weighted by Gasteiger charge is -2.21. The van der Waals surface area contributed by atoms with E-state index in [9.17, 15) is 23.1 Å². The molecule has 0 radical (unpaired) electrons. The molecule has 0 unspecified atom stereocenters. The summed E-state index contributed by atoms with van der Waals surface area (Å²) in [6, 6.07) is 26.0. The average molecular weight is 784 g/mol. The number of carbonyl (C=O) groups is 2. The molecule has 294 valence electrons. The standard InChI is InChI=1S/C38H43ClF3N7O4.CH2O/c1-37(2,23-50)22-46-34(51)28-11-13-30(14-12-28)48-35(43-3)49-36(47-25-52-24-38(40,41)42)45-21-26-9-16-33(32(39)19-26)53-18-6-17-44-31-15-10-27-7-4-5-8-29(27)20-31;1-2/h4-5,7-16,19-20,44,50H,3,6,17-18,21-25H2,1-2H3,(H,46,51)(H2,45,47,48,49);1H2. The van der Waals surface area contributed by atoms with Crippen molar-refractivity contribution in [3.05, 3.63) is 101 Å². The van der Waals surface area contributed by atoms with Gasteiger partial charge in [0.05, 0.1) is 18.2 Å². The predicted octanol–water partition coefficient (Wildman–Crippen LogP) is 7.09. The van der Waals surface area contributed by atoms with Gasteiger partial charge in [0.15, 0.2) is 0 Å². The van der Waals surface area contributed by atoms with Crippen molar-refractivity contribution in [3.63, 3.8) is 0 Å². The van der Waals surface area contributed by atoms with Crippen molar-refractivity contribution in [1.82, 2.24) is 10.6 Å². The van der Waals surface area contributed by atoms with E-state index in [1.807, 2.05) is 38.8 Å². The highest BCUT2D eigenvalue weighted by Crippen LogP contribution is 2.26. The molecule has 0 fully saturated rings. The second kappa shape index (κ2) is 22.0. The molecule has 0 saturated heterocycles. The first-order valence-electron chi connectivity index (χ1n) is 17.0. The molecule has 0 atom stereocenters. The summed E-state index contributed by atoms with van der Waals surface area (Å²) >= 11 is 6.50. The Hall–Kier alpha value is -5.51. The number of nitrogens with one attached hydrogen (secondary N) is 4. The fraction of sp³-hybridized carbons (Fsp3) is 0.308. The molecule has 0 saturated carbocycles. The SMILES string of the molecule is C=N/C(=N\C(=NCc1ccc(OCCCNc2ccc3ccccc3c2)c(Cl)c1)NCOCC(F)(F)F)Nc1ccc(C(=O)NCC(C)(C)CO)cc1.C=O. The minimum Gasteiger partial charge on any atom is -0.492 e. The molecule has 5 N–H and O–H groups in total. The zero-order chi connectivity index (χ0) is 40.3. The van der Waals surface area contributed by atoms with Crippen LogP contribution in [0.5, 0.6) is 5.75 Å². The fourth-order valence-electron chi connectivity index (χ4n) is 4.64. The van der Waals surface area contributed by atoms with E-state index in [-0.39, 0.29) is 37.5 Å². The third-order valence-corrected chi connectivity index (χ3v) is 7.88. The second-order valence-electron chi connectivity index (χ2n) is 12.7. The third kappa shape index (κ3) is 15.8. The summed E-state index contributed by atoms with van der Waals surface area (Å²) in [6.07, 6.45) is -3.78. The number of alkyl halides is 3. The molecule has 0 aromatic heterocycles. The van der Waals surface area contributed by atoms with Crippen LogP contribution in [-0.2, 0) is 16.1 Å². The molecule has 12 nitrogen and oxygen atoms in total. The minimum absolute atomic E-state index is 0.0224. The Balaban J connectivity index is 0.00000399. The first kappa shape index (κ1) is 43.9. The number of aliphatic hydroxyl groups excluding tert-OH is 1. The Morgan fingerprint density at radius 3 is 2.29 bits per heavy atom. The number of rotatable bonds is 16. The highest BCUT2D eigenvalue weighted by Gasteiger charge is 2.27. The summed E-state index contributed by atoms with van der Waals surface area (Å²) in [6.45, 7) is 8.58. The maximum Gasteiger partial charge on any atom is 0.411 e. The van der Waals surface area contributed by atoms with Gasteiger partial charge in [-0.05, 0) is 78.0 Å². The summed E-state index contributed by atoms with van der Waals surface area (Å²) in [5.41, 5.74) is 2.14. The molecule has 0 aliphatic heterocycles. The molecule has 55 heavy (non-hydrogen) atoms. The number of guanidine groups is 2. The number of hydrogen-bond donors (Lipinski definition) is 5. The van der Waals surface area contributed by atoms with Gasteiger partial charge in [-0.15, -0.1) is 0 Å². The summed E-state index contributed by atoms with van der Waals surface area (Å²) < 4.78 is 48.5. The molecule has 4 aromatic carbocycles. The average Bonchev–Trinajstić information content (AvgIpc) is 3.18. The van der Waals surface area contributed by atoms with Gasteiger partial charge in [0.2, 0.25) is 11.9 Å². The number of benzene rings is 4. The largest absolute Gasteiger partial charge is 0.492 e. The van der Waals surface area contributed by atoms with Crippen LogP contribution in [0, 0.1) is 5.41 Å². The van der Waals surface area contributed by atoms with E-state index >= 15 is 0 Å². The highest BCUT2D eigenvalue weighted by atomic mass is 35.5. The number of hydrogen-bond acceptors (Lipinski definition) is 7. The normalized spacial score (nSPS) is 12.0. The molecule has 0 aliphatic carbocycles. The topological polar surface area (TPSA) is 158 Å². The van der Waals surface area contributed by atoms with E-state index < -0.39 is 24.9 Å². The van der Waals surface area contributed by atoms with Crippen molar-refractivity contribution in [3.8, 4) is 5.75 Å². The molecular weight excluding hydrogens is 739 g/mol. The molecular formula is C39H45ClF3N7O5. The number of halogens is 4. The number of aliphatic hydroxyl groups is 1. The second-order valence-corrected chi connectivity index (χ2v) is 13.1. The molecule has 4 aromatic rings. The van der Waals surface area contributed by atoms with Crippen LogP contribution in [0.1, 0.15) is 36.2 Å². The number of ether oxygens (including phenoxy) is 2. The van der Waals surface area contributed by atoms with Gasteiger partial charge in [0, 0.05) is 42.0 Å². The van der Waals surface area contributed by atoms with Crippen LogP contribution in [0.4, 0.5) is 24.5 Å². The number of nitrogens with zero attached hydrogens (tertiary/aromatic N) is 3. The first-order valence-corrected chi connectivity index (χ1v) is 17.4. The molecule has 0 spiro atoms. The van der Waals surface area contributed by atoms with Gasteiger partial charge >= 0.3 is 6.18 Å². The Morgan fingerprint density at radius 1 is 0.909 bits per heavy atom. The van der Waals surface area contributed by atoms with Crippen molar-refractivity contribution in [2.24, 2.45) is 20.4 Å². The van der Waals surface area contributed by atoms with E-state index in [1.165, 1.54) is 5.39 Å². The van der Waals surface area contributed by atoms with Crippen LogP contribution in [0.15, 0.2) is 99.9 Å². The van der Waals surface area contributed by atoms with E-state index in [2.05, 4.69) is 72.0 Å². The van der Waals surface area contributed by atoms with Gasteiger partial charge in [-0.2, -0.15) is 18.2 Å². The van der Waals surface area contributed by atoms with Crippen LogP contribution in [-0.4, -0.2) is 82.3 Å². The lowest BCUT2D eigenvalue weighted by molar-refractivity contribution is -0.174. The number of fused-ring (bicyclic) bond motifs is 1. The fourth-order valence-corrected chi connectivity index (χ4v) is 4.90. The number of aliphatic imine (C=N–C) groups is 3. The van der Waals surface area contributed by atoms with Crippen LogP contribution in [0.2, 0.25) is 5.02 Å². The zero-order valence-electron chi connectivity index (χ0n) is 30.6. The summed E-state index contributed by atoms with van der Waals surface area (Å²) in [5.74, 6) is 0.0868. The molecule has 0 aliphatic rings. The van der Waals surface area contributed by atoms with E-state index in [0.717, 1.165) is 17.5 Å². The zero-order valence-corrected chi connectivity index (χ0v) is 31.3. The van der Waals surface area contributed by atoms with Crippen molar-refractivity contribution < 1.29 is 37.3 Å². The maximum absolute atomic E-state index is 12.6. The van der Waals surface area contributed by atoms with E-state index in [1.54, 1.807) is 42.5 Å². The highest BCUT2D eigenvalue weighted by molar-refractivity contribution is 6.32. The summed E-state index contributed by atoms with van der Waals surface area (Å²) in [7, 11) is 0. The Kier molecular flexibility index (Phi) is 17.6. The molecule has 4 rings (SSSR count). The number of anilines is 2. The Bertz CT molecular complexity index is 1910. The summed E-state index contributed by atoms with van der Waals surface area (Å²) in [5, 5.41) is 23.9. The summed E-state index contributed by atoms with van der Waals surface area (Å²) in [4.78, 5) is 33.1. The van der Waals surface area contributed by atoms with Gasteiger partial charge in [-0.25, -0.2) is 9.98 Å². The van der Waals surface area contributed by atoms with E-state index in [4.69, 9.17) is 21.1 Å². The lowest BCUT2D eigenvalue weighted by Crippen LogP contribution is -2.36. The monoisotopic (exact) mass is 783 g/mol. The van der Waals surface area contributed by atoms with Crippen LogP contribution < -0.4 is 26.0 Å². The van der Waals surface area contributed by atoms with Gasteiger partial charge in [-0.3, -0.25) is 4.79 Å². The lowest BCUT2D eigenvalue weighted by atomic mass is 9.95. The van der Waals surface area contributed by atoms with E-state index in [0.29, 0.717) is 40.7 Å². The van der Waals surface area contributed by atoms with Gasteiger partial charge in [-0.1, -0.05) is 61.8 Å². The number of amides is 1. The van der Waals surface area contributed by atoms with Crippen LogP contribution in [0.3, 0.4) is 0 Å². The Labute approximate surface area is 322 Å². The minimum atomic E-state index is -4.51. The Morgan fingerprint density at radius 2 is 1.62 bits per heavy atom. The first-order chi connectivity index (χ1) is 26.3. The molecule has 0 bridgehead atoms. The quantitative estimate of drug-likeness (QED) is 0.0349. The maximum atomic E-state index is 12.6. The van der Waals surface area contributed by atoms with Crippen molar-refractivity contribution in [2.45, 2.75) is 33.0 Å².